The van der Waals surface area contributed by atoms with Gasteiger partial charge in [0.15, 0.2) is 0 Å². The lowest BCUT2D eigenvalue weighted by molar-refractivity contribution is -0.255. The van der Waals surface area contributed by atoms with Gasteiger partial charge in [-0.2, -0.15) is 22.0 Å². The molecule has 6 heteroatoms. The van der Waals surface area contributed by atoms with Crippen molar-refractivity contribution in [2.24, 2.45) is 0 Å². The van der Waals surface area contributed by atoms with Gasteiger partial charge in [0.1, 0.15) is 0 Å². The van der Waals surface area contributed by atoms with Crippen molar-refractivity contribution in [1.29, 1.82) is 0 Å². The van der Waals surface area contributed by atoms with Crippen LogP contribution in [0.2, 0.25) is 0 Å². The van der Waals surface area contributed by atoms with Gasteiger partial charge in [0, 0.05) is 5.56 Å². The molecule has 0 N–H and O–H groups in total. The summed E-state index contributed by atoms with van der Waals surface area (Å²) in [6, 6.07) is 4.42. The van der Waals surface area contributed by atoms with E-state index in [1.165, 1.54) is 12.1 Å². The predicted molar refractivity (Wildman–Crippen MR) is 79.2 cm³/mol. The fraction of sp³-hybridized carbons (Fsp3) is 0.588. The summed E-state index contributed by atoms with van der Waals surface area (Å²) in [5.41, 5.74) is -1.69. The highest BCUT2D eigenvalue weighted by molar-refractivity contribution is 6.05. The molecule has 0 aromatic heterocycles. The summed E-state index contributed by atoms with van der Waals surface area (Å²) in [7, 11) is 0. The van der Waals surface area contributed by atoms with Crippen molar-refractivity contribution >= 4 is 5.78 Å². The van der Waals surface area contributed by atoms with Gasteiger partial charge in [-0.3, -0.25) is 4.79 Å². The Hall–Kier alpha value is -1.46. The zero-order valence-electron chi connectivity index (χ0n) is 14.0. The Morgan fingerprint density at radius 3 is 1.39 bits per heavy atom. The fourth-order valence-electron chi connectivity index (χ4n) is 2.33. The number of alkyl halides is 5. The minimum Gasteiger partial charge on any atom is -0.287 e. The van der Waals surface area contributed by atoms with Crippen LogP contribution >= 0.6 is 0 Å². The van der Waals surface area contributed by atoms with E-state index in [0.717, 1.165) is 0 Å². The number of hydrogen-bond donors (Lipinski definition) is 0. The Kier molecular flexibility index (Phi) is 4.74. The summed E-state index contributed by atoms with van der Waals surface area (Å²) in [5, 5.41) is 0. The van der Waals surface area contributed by atoms with Gasteiger partial charge in [-0.05, 0) is 22.0 Å². The zero-order valence-corrected chi connectivity index (χ0v) is 14.0. The summed E-state index contributed by atoms with van der Waals surface area (Å²) in [6.45, 7) is 9.98. The maximum atomic E-state index is 13.7. The van der Waals surface area contributed by atoms with E-state index in [-0.39, 0.29) is 11.1 Å². The average Bonchev–Trinajstić information content (AvgIpc) is 2.33. The molecule has 0 radical (unpaired) electrons. The van der Waals surface area contributed by atoms with Crippen LogP contribution < -0.4 is 0 Å². The Labute approximate surface area is 132 Å². The monoisotopic (exact) mass is 336 g/mol. The molecule has 0 fully saturated rings. The van der Waals surface area contributed by atoms with Crippen LogP contribution in [-0.4, -0.2) is 17.9 Å². The summed E-state index contributed by atoms with van der Waals surface area (Å²) in [4.78, 5) is 12.2. The standard InChI is InChI=1S/C17H21F5O/c1-14(2,3)10-8-7-9-11(15(4,5)6)12(10)13(23)16(18,19)17(20,21)22/h7-9H,1-6H3. The van der Waals surface area contributed by atoms with Gasteiger partial charge in [0.25, 0.3) is 0 Å². The Bertz CT molecular complexity index is 569. The molecule has 1 rings (SSSR count). The second kappa shape index (κ2) is 5.56. The second-order valence-electron chi connectivity index (χ2n) is 7.63. The molecule has 0 saturated carbocycles. The normalized spacial score (nSPS) is 14.0. The van der Waals surface area contributed by atoms with Crippen LogP contribution in [0.15, 0.2) is 18.2 Å². The molecule has 0 heterocycles. The van der Waals surface area contributed by atoms with E-state index in [2.05, 4.69) is 0 Å². The van der Waals surface area contributed by atoms with Crippen molar-refractivity contribution in [1.82, 2.24) is 0 Å². The van der Waals surface area contributed by atoms with Crippen molar-refractivity contribution in [3.63, 3.8) is 0 Å². The van der Waals surface area contributed by atoms with E-state index in [9.17, 15) is 26.7 Å². The van der Waals surface area contributed by atoms with E-state index >= 15 is 0 Å². The molecule has 0 aliphatic carbocycles. The molecular formula is C17H21F5O. The Morgan fingerprint density at radius 1 is 0.783 bits per heavy atom. The summed E-state index contributed by atoms with van der Waals surface area (Å²) in [6.07, 6.45) is -5.93. The first-order valence-corrected chi connectivity index (χ1v) is 7.14. The molecule has 1 aromatic carbocycles. The van der Waals surface area contributed by atoms with Gasteiger partial charge < -0.3 is 0 Å². The molecular weight excluding hydrogens is 315 g/mol. The first-order valence-electron chi connectivity index (χ1n) is 7.14. The molecule has 0 atom stereocenters. The second-order valence-corrected chi connectivity index (χ2v) is 7.63. The highest BCUT2D eigenvalue weighted by atomic mass is 19.4. The zero-order chi connectivity index (χ0) is 18.4. The smallest absolute Gasteiger partial charge is 0.287 e. The van der Waals surface area contributed by atoms with Gasteiger partial charge >= 0.3 is 12.1 Å². The molecule has 0 aliphatic heterocycles. The number of benzene rings is 1. The van der Waals surface area contributed by atoms with Crippen LogP contribution in [0.25, 0.3) is 0 Å². The molecule has 0 saturated heterocycles. The minimum atomic E-state index is -5.93. The third kappa shape index (κ3) is 3.72. The third-order valence-electron chi connectivity index (χ3n) is 3.55. The number of ketones is 1. The Balaban J connectivity index is 3.77. The van der Waals surface area contributed by atoms with Crippen molar-refractivity contribution in [2.75, 3.05) is 0 Å². The quantitative estimate of drug-likeness (QED) is 0.503. The van der Waals surface area contributed by atoms with E-state index in [4.69, 9.17) is 0 Å². The fourth-order valence-corrected chi connectivity index (χ4v) is 2.33. The van der Waals surface area contributed by atoms with Crippen molar-refractivity contribution in [2.45, 2.75) is 64.5 Å². The molecule has 0 amide bonds. The molecule has 0 bridgehead atoms. The van der Waals surface area contributed by atoms with Crippen LogP contribution in [0.4, 0.5) is 22.0 Å². The van der Waals surface area contributed by atoms with Crippen LogP contribution in [0.5, 0.6) is 0 Å². The van der Waals surface area contributed by atoms with E-state index < -0.39 is 34.3 Å². The molecule has 130 valence electrons. The number of rotatable bonds is 2. The third-order valence-corrected chi connectivity index (χ3v) is 3.55. The highest BCUT2D eigenvalue weighted by Gasteiger charge is 2.64. The number of carbonyl (C=O) groups is 1. The lowest BCUT2D eigenvalue weighted by Crippen LogP contribution is -2.45. The number of carbonyl (C=O) groups excluding carboxylic acids is 1. The maximum absolute atomic E-state index is 13.7. The first-order chi connectivity index (χ1) is 10.0. The van der Waals surface area contributed by atoms with Crippen molar-refractivity contribution in [3.8, 4) is 0 Å². The number of Topliss-reactive ketones (excluding diaryl/α,β-unsaturated/α-hetero) is 1. The minimum absolute atomic E-state index is 0.179. The Morgan fingerprint density at radius 2 is 1.13 bits per heavy atom. The van der Waals surface area contributed by atoms with E-state index in [1.54, 1.807) is 47.6 Å². The van der Waals surface area contributed by atoms with Crippen LogP contribution in [-0.2, 0) is 10.8 Å². The summed E-state index contributed by atoms with van der Waals surface area (Å²) >= 11 is 0. The SMILES string of the molecule is CC(C)(C)c1cccc(C(C)(C)C)c1C(=O)C(F)(F)C(F)(F)F. The number of hydrogen-bond acceptors (Lipinski definition) is 1. The largest absolute Gasteiger partial charge is 0.461 e. The highest BCUT2D eigenvalue weighted by Crippen LogP contribution is 2.42. The van der Waals surface area contributed by atoms with Crippen LogP contribution in [0, 0.1) is 0 Å². The molecule has 1 aromatic rings. The van der Waals surface area contributed by atoms with Crippen LogP contribution in [0.1, 0.15) is 63.0 Å². The molecule has 23 heavy (non-hydrogen) atoms. The van der Waals surface area contributed by atoms with Gasteiger partial charge in [-0.25, -0.2) is 0 Å². The van der Waals surface area contributed by atoms with Gasteiger partial charge in [0.05, 0.1) is 0 Å². The lowest BCUT2D eigenvalue weighted by Gasteiger charge is -2.31. The van der Waals surface area contributed by atoms with E-state index in [0.29, 0.717) is 0 Å². The van der Waals surface area contributed by atoms with Crippen LogP contribution in [0.3, 0.4) is 0 Å². The summed E-state index contributed by atoms with van der Waals surface area (Å²) in [5.74, 6) is -7.62. The summed E-state index contributed by atoms with van der Waals surface area (Å²) < 4.78 is 65.3. The van der Waals surface area contributed by atoms with Gasteiger partial charge in [-0.15, -0.1) is 0 Å². The lowest BCUT2D eigenvalue weighted by atomic mass is 9.74. The van der Waals surface area contributed by atoms with Gasteiger partial charge in [-0.1, -0.05) is 59.7 Å². The first kappa shape index (κ1) is 19.6. The average molecular weight is 336 g/mol. The van der Waals surface area contributed by atoms with Crippen molar-refractivity contribution in [3.05, 3.63) is 34.9 Å². The molecule has 0 unspecified atom stereocenters. The topological polar surface area (TPSA) is 17.1 Å². The van der Waals surface area contributed by atoms with Crippen molar-refractivity contribution < 1.29 is 26.7 Å². The van der Waals surface area contributed by atoms with Gasteiger partial charge in [0.2, 0.25) is 5.78 Å². The molecule has 0 aliphatic rings. The number of halogens is 5. The van der Waals surface area contributed by atoms with E-state index in [1.807, 2.05) is 0 Å². The maximum Gasteiger partial charge on any atom is 0.461 e. The predicted octanol–water partition coefficient (Wildman–Crippen LogP) is 5.66. The molecule has 0 spiro atoms. The molecule has 1 nitrogen and oxygen atoms in total.